The molecule has 2 rings (SSSR count). The first-order valence-electron chi connectivity index (χ1n) is 5.57. The summed E-state index contributed by atoms with van der Waals surface area (Å²) in [4.78, 5) is 11.9. The van der Waals surface area contributed by atoms with Crippen LogP contribution in [0.3, 0.4) is 0 Å². The Labute approximate surface area is 95.0 Å². The van der Waals surface area contributed by atoms with Gasteiger partial charge in [0.25, 0.3) is 0 Å². The van der Waals surface area contributed by atoms with Crippen LogP contribution in [0.2, 0.25) is 0 Å². The van der Waals surface area contributed by atoms with E-state index in [0.29, 0.717) is 0 Å². The van der Waals surface area contributed by atoms with Crippen molar-refractivity contribution >= 4 is 5.97 Å². The van der Waals surface area contributed by atoms with E-state index in [-0.39, 0.29) is 11.7 Å². The Balaban J connectivity index is 2.43. The second kappa shape index (κ2) is 4.16. The number of ether oxygens (including phenoxy) is 1. The van der Waals surface area contributed by atoms with E-state index in [2.05, 4.69) is 0 Å². The lowest BCUT2D eigenvalue weighted by molar-refractivity contribution is -0.147. The Bertz CT molecular complexity index is 392. The summed E-state index contributed by atoms with van der Waals surface area (Å²) in [5.74, 6) is 0.0169. The fourth-order valence-corrected chi connectivity index (χ4v) is 2.59. The number of methoxy groups -OCH3 is 1. The summed E-state index contributed by atoms with van der Waals surface area (Å²) in [6, 6.07) is 6.95. The summed E-state index contributed by atoms with van der Waals surface area (Å²) in [5, 5.41) is 9.49. The molecule has 0 amide bonds. The summed E-state index contributed by atoms with van der Waals surface area (Å²) >= 11 is 0. The number of carbonyl (C=O) groups excluding carboxylic acids is 1. The van der Waals surface area contributed by atoms with E-state index in [1.807, 2.05) is 6.07 Å². The molecule has 3 nitrogen and oxygen atoms in total. The Morgan fingerprint density at radius 2 is 2.06 bits per heavy atom. The van der Waals surface area contributed by atoms with Gasteiger partial charge in [0.05, 0.1) is 12.5 Å². The van der Waals surface area contributed by atoms with Gasteiger partial charge in [-0.15, -0.1) is 0 Å². The summed E-state index contributed by atoms with van der Waals surface area (Å²) in [5.41, 5.74) is 0.338. The first kappa shape index (κ1) is 11.0. The maximum absolute atomic E-state index is 11.9. The highest BCUT2D eigenvalue weighted by molar-refractivity contribution is 5.83. The van der Waals surface area contributed by atoms with Crippen LogP contribution in [0, 0.1) is 0 Å². The van der Waals surface area contributed by atoms with Gasteiger partial charge in [-0.2, -0.15) is 0 Å². The molecule has 0 aromatic heterocycles. The highest BCUT2D eigenvalue weighted by Gasteiger charge is 2.43. The molecule has 1 aliphatic carbocycles. The van der Waals surface area contributed by atoms with Crippen LogP contribution in [0.1, 0.15) is 31.2 Å². The molecule has 0 aliphatic heterocycles. The number of benzene rings is 1. The average molecular weight is 220 g/mol. The number of phenols is 1. The zero-order valence-electron chi connectivity index (χ0n) is 9.40. The molecule has 1 aromatic rings. The van der Waals surface area contributed by atoms with Crippen molar-refractivity contribution in [3.63, 3.8) is 0 Å². The minimum absolute atomic E-state index is 0.185. The average Bonchev–Trinajstić information content (AvgIpc) is 2.78. The number of hydrogen-bond acceptors (Lipinski definition) is 3. The lowest BCUT2D eigenvalue weighted by Crippen LogP contribution is -2.33. The Morgan fingerprint density at radius 1 is 1.38 bits per heavy atom. The molecule has 0 bridgehead atoms. The third-order valence-corrected chi connectivity index (χ3v) is 3.43. The minimum atomic E-state index is -0.534. The topological polar surface area (TPSA) is 46.5 Å². The summed E-state index contributed by atoms with van der Waals surface area (Å²) < 4.78 is 4.91. The van der Waals surface area contributed by atoms with Gasteiger partial charge in [0.15, 0.2) is 0 Å². The van der Waals surface area contributed by atoms with E-state index in [1.54, 1.807) is 18.2 Å². The number of rotatable bonds is 2. The molecule has 16 heavy (non-hydrogen) atoms. The van der Waals surface area contributed by atoms with E-state index >= 15 is 0 Å². The molecule has 0 heterocycles. The lowest BCUT2D eigenvalue weighted by atomic mass is 9.79. The largest absolute Gasteiger partial charge is 0.508 e. The molecule has 3 heteroatoms. The van der Waals surface area contributed by atoms with Crippen LogP contribution >= 0.6 is 0 Å². The van der Waals surface area contributed by atoms with Crippen LogP contribution in [-0.4, -0.2) is 18.2 Å². The van der Waals surface area contributed by atoms with Gasteiger partial charge in [0.1, 0.15) is 5.75 Å². The maximum atomic E-state index is 11.9. The summed E-state index contributed by atoms with van der Waals surface area (Å²) in [6.07, 6.45) is 3.68. The number of hydrogen-bond donors (Lipinski definition) is 1. The van der Waals surface area contributed by atoms with E-state index < -0.39 is 5.41 Å². The highest BCUT2D eigenvalue weighted by Crippen LogP contribution is 2.42. The van der Waals surface area contributed by atoms with Gasteiger partial charge in [-0.3, -0.25) is 4.79 Å². The van der Waals surface area contributed by atoms with Gasteiger partial charge in [-0.1, -0.05) is 25.0 Å². The lowest BCUT2D eigenvalue weighted by Gasteiger charge is -2.26. The van der Waals surface area contributed by atoms with Crippen molar-refractivity contribution in [1.82, 2.24) is 0 Å². The van der Waals surface area contributed by atoms with E-state index in [0.717, 1.165) is 31.2 Å². The van der Waals surface area contributed by atoms with Gasteiger partial charge in [-0.05, 0) is 30.5 Å². The van der Waals surface area contributed by atoms with Crippen molar-refractivity contribution < 1.29 is 14.6 Å². The van der Waals surface area contributed by atoms with Crippen LogP contribution in [0.25, 0.3) is 0 Å². The standard InChI is InChI=1S/C13H16O3/c1-16-12(15)13(7-2-3-8-13)10-5-4-6-11(14)9-10/h4-6,9,14H,2-3,7-8H2,1H3. The molecular weight excluding hydrogens is 204 g/mol. The maximum Gasteiger partial charge on any atom is 0.316 e. The van der Waals surface area contributed by atoms with Crippen LogP contribution in [-0.2, 0) is 14.9 Å². The number of phenolic OH excluding ortho intramolecular Hbond substituents is 1. The smallest absolute Gasteiger partial charge is 0.316 e. The number of esters is 1. The molecule has 0 saturated heterocycles. The van der Waals surface area contributed by atoms with Crippen molar-refractivity contribution in [3.05, 3.63) is 29.8 Å². The summed E-state index contributed by atoms with van der Waals surface area (Å²) in [7, 11) is 1.42. The Morgan fingerprint density at radius 3 is 2.62 bits per heavy atom. The Hall–Kier alpha value is -1.51. The zero-order chi connectivity index (χ0) is 11.6. The van der Waals surface area contributed by atoms with Gasteiger partial charge in [0, 0.05) is 0 Å². The normalized spacial score (nSPS) is 18.3. The van der Waals surface area contributed by atoms with Crippen LogP contribution in [0.4, 0.5) is 0 Å². The monoisotopic (exact) mass is 220 g/mol. The molecule has 1 aliphatic rings. The van der Waals surface area contributed by atoms with Crippen LogP contribution in [0.15, 0.2) is 24.3 Å². The van der Waals surface area contributed by atoms with Gasteiger partial charge in [-0.25, -0.2) is 0 Å². The van der Waals surface area contributed by atoms with Crippen molar-refractivity contribution in [2.75, 3.05) is 7.11 Å². The van der Waals surface area contributed by atoms with Crippen molar-refractivity contribution in [1.29, 1.82) is 0 Å². The van der Waals surface area contributed by atoms with E-state index in [1.165, 1.54) is 7.11 Å². The third-order valence-electron chi connectivity index (χ3n) is 3.43. The molecule has 86 valence electrons. The molecule has 1 N–H and O–H groups in total. The summed E-state index contributed by atoms with van der Waals surface area (Å²) in [6.45, 7) is 0. The molecule has 0 radical (unpaired) electrons. The van der Waals surface area contributed by atoms with Gasteiger partial charge >= 0.3 is 5.97 Å². The van der Waals surface area contributed by atoms with Gasteiger partial charge in [0.2, 0.25) is 0 Å². The quantitative estimate of drug-likeness (QED) is 0.778. The van der Waals surface area contributed by atoms with Crippen molar-refractivity contribution in [2.45, 2.75) is 31.1 Å². The van der Waals surface area contributed by atoms with Crippen LogP contribution in [0.5, 0.6) is 5.75 Å². The van der Waals surface area contributed by atoms with E-state index in [9.17, 15) is 9.90 Å². The molecular formula is C13H16O3. The zero-order valence-corrected chi connectivity index (χ0v) is 9.40. The molecule has 1 fully saturated rings. The SMILES string of the molecule is COC(=O)C1(c2cccc(O)c2)CCCC1. The minimum Gasteiger partial charge on any atom is -0.508 e. The molecule has 1 aromatic carbocycles. The Kier molecular flexibility index (Phi) is 2.86. The fraction of sp³-hybridized carbons (Fsp3) is 0.462. The highest BCUT2D eigenvalue weighted by atomic mass is 16.5. The molecule has 0 spiro atoms. The second-order valence-electron chi connectivity index (χ2n) is 4.33. The van der Waals surface area contributed by atoms with Crippen LogP contribution < -0.4 is 0 Å². The van der Waals surface area contributed by atoms with Crippen molar-refractivity contribution in [2.24, 2.45) is 0 Å². The number of carbonyl (C=O) groups is 1. The predicted octanol–water partition coefficient (Wildman–Crippen LogP) is 2.38. The molecule has 0 atom stereocenters. The number of aromatic hydroxyl groups is 1. The predicted molar refractivity (Wildman–Crippen MR) is 60.3 cm³/mol. The van der Waals surface area contributed by atoms with Gasteiger partial charge < -0.3 is 9.84 Å². The van der Waals surface area contributed by atoms with E-state index in [4.69, 9.17) is 4.74 Å². The fourth-order valence-electron chi connectivity index (χ4n) is 2.59. The first-order chi connectivity index (χ1) is 7.69. The molecule has 0 unspecified atom stereocenters. The first-order valence-corrected chi connectivity index (χ1v) is 5.57. The van der Waals surface area contributed by atoms with Crippen molar-refractivity contribution in [3.8, 4) is 5.75 Å². The second-order valence-corrected chi connectivity index (χ2v) is 4.33. The molecule has 1 saturated carbocycles. The third kappa shape index (κ3) is 1.66.